The molecule has 1 aromatic carbocycles. The number of aromatic amines is 1. The van der Waals surface area contributed by atoms with E-state index in [2.05, 4.69) is 19.9 Å². The first-order chi connectivity index (χ1) is 9.90. The molecule has 0 atom stereocenters. The maximum atomic E-state index is 13.5. The molecule has 4 N–H and O–H groups in total. The third-order valence-corrected chi connectivity index (χ3v) is 4.11. The number of aryl methyl sites for hydroxylation is 1. The zero-order chi connectivity index (χ0) is 15.5. The lowest BCUT2D eigenvalue weighted by atomic mass is 10.3. The number of rotatable bonds is 6. The fraction of sp³-hybridized carbons (Fsp3) is 0.273. The van der Waals surface area contributed by atoms with Crippen molar-refractivity contribution in [2.75, 3.05) is 12.3 Å². The average molecular weight is 317 g/mol. The fourth-order valence-electron chi connectivity index (χ4n) is 1.67. The van der Waals surface area contributed by atoms with Crippen LogP contribution in [-0.2, 0) is 16.4 Å². The van der Waals surface area contributed by atoms with Crippen molar-refractivity contribution in [1.29, 1.82) is 0 Å². The molecular formula is C11H13F2N5O2S. The number of halogens is 2. The summed E-state index contributed by atoms with van der Waals surface area (Å²) in [7, 11) is -4.17. The van der Waals surface area contributed by atoms with Crippen LogP contribution in [0.5, 0.6) is 0 Å². The van der Waals surface area contributed by atoms with Gasteiger partial charge >= 0.3 is 0 Å². The van der Waals surface area contributed by atoms with E-state index in [0.717, 1.165) is 12.1 Å². The molecule has 7 nitrogen and oxygen atoms in total. The molecule has 114 valence electrons. The minimum absolute atomic E-state index is 0.0406. The molecule has 0 unspecified atom stereocenters. The summed E-state index contributed by atoms with van der Waals surface area (Å²) < 4.78 is 52.7. The van der Waals surface area contributed by atoms with Crippen molar-refractivity contribution < 1.29 is 17.2 Å². The topological polar surface area (TPSA) is 114 Å². The summed E-state index contributed by atoms with van der Waals surface area (Å²) in [6, 6.07) is 1.59. The van der Waals surface area contributed by atoms with E-state index in [1.54, 1.807) is 0 Å². The smallest absolute Gasteiger partial charge is 0.243 e. The molecule has 2 rings (SSSR count). The van der Waals surface area contributed by atoms with E-state index < -0.39 is 26.6 Å². The van der Waals surface area contributed by atoms with Gasteiger partial charge in [-0.2, -0.15) is 5.10 Å². The molecule has 10 heteroatoms. The van der Waals surface area contributed by atoms with Crippen molar-refractivity contribution in [2.45, 2.75) is 17.7 Å². The Hall–Kier alpha value is -2.07. The summed E-state index contributed by atoms with van der Waals surface area (Å²) >= 11 is 0. The second-order valence-corrected chi connectivity index (χ2v) is 5.98. The van der Waals surface area contributed by atoms with Gasteiger partial charge in [-0.25, -0.2) is 26.9 Å². The van der Waals surface area contributed by atoms with Crippen LogP contribution in [0.25, 0.3) is 0 Å². The molecule has 0 fully saturated rings. The monoisotopic (exact) mass is 317 g/mol. The molecule has 0 saturated carbocycles. The van der Waals surface area contributed by atoms with Crippen molar-refractivity contribution in [3.63, 3.8) is 0 Å². The highest BCUT2D eigenvalue weighted by Gasteiger charge is 2.22. The van der Waals surface area contributed by atoms with Gasteiger partial charge in [0, 0.05) is 18.7 Å². The number of benzene rings is 1. The number of nitrogens with zero attached hydrogens (tertiary/aromatic N) is 2. The minimum Gasteiger partial charge on any atom is -0.399 e. The van der Waals surface area contributed by atoms with Gasteiger partial charge in [-0.1, -0.05) is 0 Å². The molecule has 1 aromatic heterocycles. The number of nitrogens with one attached hydrogen (secondary N) is 2. The van der Waals surface area contributed by atoms with Crippen LogP contribution in [0.15, 0.2) is 23.4 Å². The highest BCUT2D eigenvalue weighted by Crippen LogP contribution is 2.20. The van der Waals surface area contributed by atoms with Crippen LogP contribution in [0.3, 0.4) is 0 Å². The van der Waals surface area contributed by atoms with Gasteiger partial charge in [0.05, 0.1) is 0 Å². The molecular weight excluding hydrogens is 304 g/mol. The number of hydrogen-bond donors (Lipinski definition) is 3. The maximum absolute atomic E-state index is 13.5. The summed E-state index contributed by atoms with van der Waals surface area (Å²) in [5.41, 5.74) is 5.16. The van der Waals surface area contributed by atoms with Crippen LogP contribution >= 0.6 is 0 Å². The Kier molecular flexibility index (Phi) is 4.48. The van der Waals surface area contributed by atoms with Gasteiger partial charge in [0.15, 0.2) is 11.6 Å². The van der Waals surface area contributed by atoms with Crippen LogP contribution in [-0.4, -0.2) is 30.1 Å². The van der Waals surface area contributed by atoms with Crippen molar-refractivity contribution in [3.05, 3.63) is 35.9 Å². The third kappa shape index (κ3) is 3.73. The molecule has 0 saturated heterocycles. The van der Waals surface area contributed by atoms with Gasteiger partial charge in [-0.15, -0.1) is 0 Å². The van der Waals surface area contributed by atoms with Gasteiger partial charge in [0.2, 0.25) is 10.0 Å². The second-order valence-electron chi connectivity index (χ2n) is 4.25. The molecule has 21 heavy (non-hydrogen) atoms. The summed E-state index contributed by atoms with van der Waals surface area (Å²) in [5, 5.41) is 6.27. The molecule has 0 spiro atoms. The lowest BCUT2D eigenvalue weighted by Gasteiger charge is -2.08. The van der Waals surface area contributed by atoms with Crippen molar-refractivity contribution in [3.8, 4) is 0 Å². The predicted octanol–water partition coefficient (Wildman–Crippen LogP) is 0.576. The van der Waals surface area contributed by atoms with E-state index in [1.807, 2.05) is 0 Å². The van der Waals surface area contributed by atoms with Crippen LogP contribution in [0.2, 0.25) is 0 Å². The fourth-order valence-corrected chi connectivity index (χ4v) is 2.86. The normalized spacial score (nSPS) is 11.7. The second kappa shape index (κ2) is 6.14. The number of nitrogens with two attached hydrogens (primary N) is 1. The first-order valence-electron chi connectivity index (χ1n) is 5.98. The largest absolute Gasteiger partial charge is 0.399 e. The molecule has 0 amide bonds. The average Bonchev–Trinajstić information content (AvgIpc) is 2.92. The number of H-pyrrole nitrogens is 1. The van der Waals surface area contributed by atoms with Crippen molar-refractivity contribution in [1.82, 2.24) is 19.9 Å². The van der Waals surface area contributed by atoms with Crippen LogP contribution < -0.4 is 10.5 Å². The van der Waals surface area contributed by atoms with Crippen molar-refractivity contribution in [2.24, 2.45) is 0 Å². The van der Waals surface area contributed by atoms with Gasteiger partial charge in [-0.05, 0) is 18.6 Å². The highest BCUT2D eigenvalue weighted by molar-refractivity contribution is 7.89. The van der Waals surface area contributed by atoms with E-state index in [9.17, 15) is 17.2 Å². The number of anilines is 1. The standard InChI is InChI=1S/C11H13F2N5O2S/c12-8-4-7(14)5-9(11(8)13)21(19,20)17-3-1-2-10-15-6-16-18-10/h4-6,17H,1-3,14H2,(H,15,16,18). The van der Waals surface area contributed by atoms with E-state index >= 15 is 0 Å². The third-order valence-electron chi connectivity index (χ3n) is 2.65. The van der Waals surface area contributed by atoms with Crippen LogP contribution in [0, 0.1) is 11.6 Å². The molecule has 0 radical (unpaired) electrons. The van der Waals surface area contributed by atoms with E-state index in [1.165, 1.54) is 6.33 Å². The summed E-state index contributed by atoms with van der Waals surface area (Å²) in [6.07, 6.45) is 2.22. The SMILES string of the molecule is Nc1cc(F)c(F)c(S(=O)(=O)NCCCc2ncn[nH]2)c1. The van der Waals surface area contributed by atoms with Gasteiger partial charge in [0.25, 0.3) is 0 Å². The lowest BCUT2D eigenvalue weighted by Crippen LogP contribution is -2.26. The Bertz CT molecular complexity index is 718. The summed E-state index contributed by atoms with van der Waals surface area (Å²) in [5.74, 6) is -2.15. The Morgan fingerprint density at radius 1 is 1.33 bits per heavy atom. The molecule has 0 aliphatic rings. The van der Waals surface area contributed by atoms with Gasteiger partial charge in [0.1, 0.15) is 17.0 Å². The Balaban J connectivity index is 2.02. The lowest BCUT2D eigenvalue weighted by molar-refractivity contribution is 0.483. The zero-order valence-electron chi connectivity index (χ0n) is 10.8. The van der Waals surface area contributed by atoms with E-state index in [4.69, 9.17) is 5.73 Å². The maximum Gasteiger partial charge on any atom is 0.243 e. The molecule has 0 aliphatic carbocycles. The quantitative estimate of drug-likeness (QED) is 0.532. The first kappa shape index (κ1) is 15.3. The predicted molar refractivity (Wildman–Crippen MR) is 70.7 cm³/mol. The summed E-state index contributed by atoms with van der Waals surface area (Å²) in [6.45, 7) is 0.0406. The van der Waals surface area contributed by atoms with Crippen LogP contribution in [0.4, 0.5) is 14.5 Å². The van der Waals surface area contributed by atoms with Crippen LogP contribution in [0.1, 0.15) is 12.2 Å². The summed E-state index contributed by atoms with van der Waals surface area (Å²) in [4.78, 5) is 3.07. The minimum atomic E-state index is -4.17. The van der Waals surface area contributed by atoms with Crippen molar-refractivity contribution >= 4 is 15.7 Å². The number of sulfonamides is 1. The molecule has 1 heterocycles. The van der Waals surface area contributed by atoms with Gasteiger partial charge < -0.3 is 5.73 Å². The highest BCUT2D eigenvalue weighted by atomic mass is 32.2. The van der Waals surface area contributed by atoms with E-state index in [0.29, 0.717) is 18.7 Å². The van der Waals surface area contributed by atoms with Gasteiger partial charge in [-0.3, -0.25) is 5.10 Å². The first-order valence-corrected chi connectivity index (χ1v) is 7.47. The number of hydrogen-bond acceptors (Lipinski definition) is 5. The molecule has 0 aliphatic heterocycles. The Labute approximate surface area is 119 Å². The molecule has 0 bridgehead atoms. The van der Waals surface area contributed by atoms with E-state index in [-0.39, 0.29) is 12.2 Å². The Morgan fingerprint density at radius 2 is 2.10 bits per heavy atom. The number of nitrogen functional groups attached to an aromatic ring is 1. The number of aromatic nitrogens is 3. The Morgan fingerprint density at radius 3 is 2.76 bits per heavy atom. The zero-order valence-corrected chi connectivity index (χ0v) is 11.6. The molecule has 2 aromatic rings.